The SMILES string of the molecule is COc1ccc(CC(F)(F)F)c(C)c1C. The summed E-state index contributed by atoms with van der Waals surface area (Å²) in [6.07, 6.45) is -5.05. The fraction of sp³-hybridized carbons (Fsp3) is 0.455. The second kappa shape index (κ2) is 4.13. The highest BCUT2D eigenvalue weighted by atomic mass is 19.4. The van der Waals surface area contributed by atoms with Gasteiger partial charge in [0.05, 0.1) is 13.5 Å². The smallest absolute Gasteiger partial charge is 0.393 e. The van der Waals surface area contributed by atoms with Crippen LogP contribution in [0.5, 0.6) is 5.75 Å². The largest absolute Gasteiger partial charge is 0.496 e. The van der Waals surface area contributed by atoms with Crippen molar-refractivity contribution >= 4 is 0 Å². The van der Waals surface area contributed by atoms with Crippen LogP contribution in [0.4, 0.5) is 13.2 Å². The number of rotatable bonds is 2. The maximum Gasteiger partial charge on any atom is 0.393 e. The fourth-order valence-electron chi connectivity index (χ4n) is 1.48. The molecule has 0 aromatic heterocycles. The second-order valence-electron chi connectivity index (χ2n) is 3.47. The molecule has 0 bridgehead atoms. The summed E-state index contributed by atoms with van der Waals surface area (Å²) in [6, 6.07) is 3.04. The van der Waals surface area contributed by atoms with Crippen molar-refractivity contribution in [2.24, 2.45) is 0 Å². The van der Waals surface area contributed by atoms with E-state index in [4.69, 9.17) is 4.74 Å². The summed E-state index contributed by atoms with van der Waals surface area (Å²) < 4.78 is 41.6. The Bertz CT molecular complexity index is 356. The van der Waals surface area contributed by atoms with Crippen LogP contribution in [0, 0.1) is 13.8 Å². The lowest BCUT2D eigenvalue weighted by atomic mass is 10.00. The molecule has 0 atom stereocenters. The standard InChI is InChI=1S/C11H13F3O/c1-7-8(2)10(15-3)5-4-9(7)6-11(12,13)14/h4-5H,6H2,1-3H3. The second-order valence-corrected chi connectivity index (χ2v) is 3.47. The zero-order valence-electron chi connectivity index (χ0n) is 8.90. The van der Waals surface area contributed by atoms with Crippen LogP contribution >= 0.6 is 0 Å². The van der Waals surface area contributed by atoms with Crippen molar-refractivity contribution < 1.29 is 17.9 Å². The molecule has 1 aromatic carbocycles. The van der Waals surface area contributed by atoms with E-state index in [2.05, 4.69) is 0 Å². The Labute approximate surface area is 86.9 Å². The molecule has 0 aliphatic carbocycles. The van der Waals surface area contributed by atoms with Crippen LogP contribution in [0.2, 0.25) is 0 Å². The molecule has 0 radical (unpaired) electrons. The molecule has 0 amide bonds. The highest BCUT2D eigenvalue weighted by Gasteiger charge is 2.28. The molecule has 0 N–H and O–H groups in total. The molecule has 84 valence electrons. The zero-order chi connectivity index (χ0) is 11.6. The molecule has 1 nitrogen and oxygen atoms in total. The third-order valence-corrected chi connectivity index (χ3v) is 2.46. The summed E-state index contributed by atoms with van der Waals surface area (Å²) in [5.41, 5.74) is 1.71. The molecule has 0 saturated heterocycles. The van der Waals surface area contributed by atoms with Crippen molar-refractivity contribution in [3.63, 3.8) is 0 Å². The van der Waals surface area contributed by atoms with E-state index < -0.39 is 12.6 Å². The van der Waals surface area contributed by atoms with Crippen molar-refractivity contribution in [1.29, 1.82) is 0 Å². The van der Waals surface area contributed by atoms with Gasteiger partial charge in [0.15, 0.2) is 0 Å². The van der Waals surface area contributed by atoms with Gasteiger partial charge in [0.1, 0.15) is 5.75 Å². The zero-order valence-corrected chi connectivity index (χ0v) is 8.90. The quantitative estimate of drug-likeness (QED) is 0.739. The van der Waals surface area contributed by atoms with Gasteiger partial charge in [-0.05, 0) is 36.6 Å². The van der Waals surface area contributed by atoms with Crippen molar-refractivity contribution in [2.75, 3.05) is 7.11 Å². The van der Waals surface area contributed by atoms with E-state index >= 15 is 0 Å². The minimum atomic E-state index is -4.16. The Balaban J connectivity index is 3.07. The Kier molecular flexibility index (Phi) is 3.27. The molecule has 0 heterocycles. The number of benzene rings is 1. The minimum Gasteiger partial charge on any atom is -0.496 e. The maximum atomic E-state index is 12.2. The van der Waals surface area contributed by atoms with Gasteiger partial charge in [0.2, 0.25) is 0 Å². The Morgan fingerprint density at radius 3 is 2.20 bits per heavy atom. The van der Waals surface area contributed by atoms with Gasteiger partial charge in [0.25, 0.3) is 0 Å². The number of halogens is 3. The molecule has 0 fully saturated rings. The summed E-state index contributed by atoms with van der Waals surface area (Å²) in [6.45, 7) is 3.44. The molecule has 0 spiro atoms. The highest BCUT2D eigenvalue weighted by molar-refractivity contribution is 5.43. The Hall–Kier alpha value is -1.19. The number of alkyl halides is 3. The predicted octanol–water partition coefficient (Wildman–Crippen LogP) is 3.42. The van der Waals surface area contributed by atoms with E-state index in [1.54, 1.807) is 19.9 Å². The molecule has 0 unspecified atom stereocenters. The van der Waals surface area contributed by atoms with Crippen LogP contribution in [0.3, 0.4) is 0 Å². The molecule has 0 aliphatic heterocycles. The number of ether oxygens (including phenoxy) is 1. The van der Waals surface area contributed by atoms with Crippen molar-refractivity contribution in [3.8, 4) is 5.75 Å². The molecular formula is C11H13F3O. The first-order valence-corrected chi connectivity index (χ1v) is 4.55. The number of methoxy groups -OCH3 is 1. The fourth-order valence-corrected chi connectivity index (χ4v) is 1.48. The van der Waals surface area contributed by atoms with E-state index in [9.17, 15) is 13.2 Å². The van der Waals surface area contributed by atoms with Crippen LogP contribution < -0.4 is 4.74 Å². The van der Waals surface area contributed by atoms with Crippen LogP contribution in [0.25, 0.3) is 0 Å². The van der Waals surface area contributed by atoms with Crippen molar-refractivity contribution in [2.45, 2.75) is 26.4 Å². The summed E-state index contributed by atoms with van der Waals surface area (Å²) >= 11 is 0. The van der Waals surface area contributed by atoms with Gasteiger partial charge in [-0.3, -0.25) is 0 Å². The first-order valence-electron chi connectivity index (χ1n) is 4.55. The minimum absolute atomic E-state index is 0.306. The van der Waals surface area contributed by atoms with Gasteiger partial charge in [-0.1, -0.05) is 6.07 Å². The van der Waals surface area contributed by atoms with Crippen LogP contribution in [0.1, 0.15) is 16.7 Å². The summed E-state index contributed by atoms with van der Waals surface area (Å²) in [5.74, 6) is 0.624. The maximum absolute atomic E-state index is 12.2. The summed E-state index contributed by atoms with van der Waals surface area (Å²) in [7, 11) is 1.51. The van der Waals surface area contributed by atoms with Gasteiger partial charge in [-0.2, -0.15) is 13.2 Å². The Morgan fingerprint density at radius 1 is 1.13 bits per heavy atom. The first-order chi connectivity index (χ1) is 6.85. The van der Waals surface area contributed by atoms with E-state index in [0.717, 1.165) is 5.56 Å². The molecular weight excluding hydrogens is 205 g/mol. The van der Waals surface area contributed by atoms with Crippen molar-refractivity contribution in [1.82, 2.24) is 0 Å². The molecule has 0 saturated carbocycles. The lowest BCUT2D eigenvalue weighted by molar-refractivity contribution is -0.127. The summed E-state index contributed by atoms with van der Waals surface area (Å²) in [4.78, 5) is 0. The highest BCUT2D eigenvalue weighted by Crippen LogP contribution is 2.28. The van der Waals surface area contributed by atoms with E-state index in [1.807, 2.05) is 0 Å². The topological polar surface area (TPSA) is 9.23 Å². The third-order valence-electron chi connectivity index (χ3n) is 2.46. The van der Waals surface area contributed by atoms with Crippen LogP contribution in [-0.2, 0) is 6.42 Å². The normalized spacial score (nSPS) is 11.6. The predicted molar refractivity (Wildman–Crippen MR) is 52.2 cm³/mol. The monoisotopic (exact) mass is 218 g/mol. The molecule has 1 aromatic rings. The van der Waals surface area contributed by atoms with Crippen LogP contribution in [0.15, 0.2) is 12.1 Å². The summed E-state index contributed by atoms with van der Waals surface area (Å²) in [5, 5.41) is 0. The average molecular weight is 218 g/mol. The average Bonchev–Trinajstić information content (AvgIpc) is 2.11. The first kappa shape index (κ1) is 11.9. The third kappa shape index (κ3) is 2.88. The van der Waals surface area contributed by atoms with Gasteiger partial charge >= 0.3 is 6.18 Å². The lowest BCUT2D eigenvalue weighted by Crippen LogP contribution is -2.13. The lowest BCUT2D eigenvalue weighted by Gasteiger charge is -2.13. The number of hydrogen-bond donors (Lipinski definition) is 0. The molecule has 15 heavy (non-hydrogen) atoms. The van der Waals surface area contributed by atoms with Gasteiger partial charge < -0.3 is 4.74 Å². The van der Waals surface area contributed by atoms with Gasteiger partial charge in [-0.25, -0.2) is 0 Å². The van der Waals surface area contributed by atoms with Gasteiger partial charge in [0, 0.05) is 0 Å². The molecule has 1 rings (SSSR count). The van der Waals surface area contributed by atoms with E-state index in [0.29, 0.717) is 16.9 Å². The van der Waals surface area contributed by atoms with E-state index in [-0.39, 0.29) is 0 Å². The molecule has 4 heteroatoms. The molecule has 0 aliphatic rings. The Morgan fingerprint density at radius 2 is 1.73 bits per heavy atom. The number of hydrogen-bond acceptors (Lipinski definition) is 1. The van der Waals surface area contributed by atoms with Crippen LogP contribution in [-0.4, -0.2) is 13.3 Å². The van der Waals surface area contributed by atoms with E-state index in [1.165, 1.54) is 13.2 Å². The van der Waals surface area contributed by atoms with Crippen molar-refractivity contribution in [3.05, 3.63) is 28.8 Å². The van der Waals surface area contributed by atoms with Gasteiger partial charge in [-0.15, -0.1) is 0 Å².